The van der Waals surface area contributed by atoms with Gasteiger partial charge in [-0.3, -0.25) is 0 Å². The maximum absolute atomic E-state index is 10.5. The highest BCUT2D eigenvalue weighted by Crippen LogP contribution is 2.08. The molecule has 0 unspecified atom stereocenters. The Balaban J connectivity index is 0.000001000. The van der Waals surface area contributed by atoms with E-state index in [0.717, 1.165) is 0 Å². The third-order valence-electron chi connectivity index (χ3n) is 1.06. The molecule has 5 nitrogen and oxygen atoms in total. The molecule has 0 radical (unpaired) electrons. The molecule has 0 heterocycles. The SMILES string of the molecule is N.[O-][N+](=NO)c1ccccc1. The van der Waals surface area contributed by atoms with E-state index in [0.29, 0.717) is 5.69 Å². The largest absolute Gasteiger partial charge is 0.592 e. The maximum atomic E-state index is 10.5. The van der Waals surface area contributed by atoms with Crippen molar-refractivity contribution in [3.8, 4) is 0 Å². The Morgan fingerprint density at radius 1 is 1.27 bits per heavy atom. The van der Waals surface area contributed by atoms with E-state index in [1.54, 1.807) is 30.3 Å². The van der Waals surface area contributed by atoms with Crippen molar-refractivity contribution in [2.45, 2.75) is 0 Å². The zero-order valence-corrected chi connectivity index (χ0v) is 5.84. The van der Waals surface area contributed by atoms with Gasteiger partial charge in [0.1, 0.15) is 0 Å². The van der Waals surface area contributed by atoms with Crippen LogP contribution in [0.15, 0.2) is 35.6 Å². The fraction of sp³-hybridized carbons (Fsp3) is 0. The van der Waals surface area contributed by atoms with Crippen molar-refractivity contribution in [2.75, 3.05) is 0 Å². The molecule has 0 aliphatic carbocycles. The van der Waals surface area contributed by atoms with Crippen molar-refractivity contribution in [1.82, 2.24) is 6.15 Å². The van der Waals surface area contributed by atoms with Crippen LogP contribution in [0.2, 0.25) is 0 Å². The van der Waals surface area contributed by atoms with Crippen LogP contribution in [0.4, 0.5) is 5.69 Å². The van der Waals surface area contributed by atoms with Gasteiger partial charge in [0.05, 0.1) is 0 Å². The van der Waals surface area contributed by atoms with Crippen molar-refractivity contribution >= 4 is 5.69 Å². The summed E-state index contributed by atoms with van der Waals surface area (Å²) in [5.74, 6) is 0. The molecule has 0 atom stereocenters. The lowest BCUT2D eigenvalue weighted by Crippen LogP contribution is -1.88. The van der Waals surface area contributed by atoms with Gasteiger partial charge in [-0.15, -0.1) is 0 Å². The summed E-state index contributed by atoms with van der Waals surface area (Å²) < 4.78 is 0. The summed E-state index contributed by atoms with van der Waals surface area (Å²) in [6.45, 7) is 0. The number of benzene rings is 1. The summed E-state index contributed by atoms with van der Waals surface area (Å²) in [6, 6.07) is 8.24. The Bertz CT molecular complexity index is 235. The van der Waals surface area contributed by atoms with Gasteiger partial charge in [-0.1, -0.05) is 18.2 Å². The predicted octanol–water partition coefficient (Wildman–Crippen LogP) is 1.83. The molecule has 11 heavy (non-hydrogen) atoms. The Labute approximate surface area is 63.7 Å². The lowest BCUT2D eigenvalue weighted by Gasteiger charge is -1.93. The summed E-state index contributed by atoms with van der Waals surface area (Å²) in [6.07, 6.45) is 0. The fourth-order valence-electron chi connectivity index (χ4n) is 0.607. The van der Waals surface area contributed by atoms with Crippen LogP contribution in [0.1, 0.15) is 0 Å². The molecule has 60 valence electrons. The summed E-state index contributed by atoms with van der Waals surface area (Å²) >= 11 is 0. The van der Waals surface area contributed by atoms with Crippen LogP contribution >= 0.6 is 0 Å². The minimum Gasteiger partial charge on any atom is -0.592 e. The van der Waals surface area contributed by atoms with E-state index in [1.807, 2.05) is 0 Å². The molecule has 1 aromatic carbocycles. The van der Waals surface area contributed by atoms with Gasteiger partial charge < -0.3 is 16.6 Å². The minimum atomic E-state index is 0. The first-order chi connectivity index (χ1) is 4.84. The van der Waals surface area contributed by atoms with Gasteiger partial charge in [-0.2, -0.15) is 0 Å². The lowest BCUT2D eigenvalue weighted by atomic mass is 10.3. The summed E-state index contributed by atoms with van der Waals surface area (Å²) in [7, 11) is 0. The quantitative estimate of drug-likeness (QED) is 0.368. The van der Waals surface area contributed by atoms with E-state index in [2.05, 4.69) is 5.28 Å². The topological polar surface area (TPSA) is 93.7 Å². The van der Waals surface area contributed by atoms with Crippen LogP contribution in [-0.4, -0.2) is 10.1 Å². The van der Waals surface area contributed by atoms with E-state index in [9.17, 15) is 5.21 Å². The van der Waals surface area contributed by atoms with E-state index < -0.39 is 0 Å². The highest BCUT2D eigenvalue weighted by Gasteiger charge is 1.98. The Kier molecular flexibility index (Phi) is 3.61. The molecule has 1 rings (SSSR count). The van der Waals surface area contributed by atoms with Gasteiger partial charge in [-0.25, -0.2) is 0 Å². The van der Waals surface area contributed by atoms with Gasteiger partial charge >= 0.3 is 0 Å². The second kappa shape index (κ2) is 4.24. The van der Waals surface area contributed by atoms with Crippen LogP contribution in [0.25, 0.3) is 0 Å². The highest BCUT2D eigenvalue weighted by atomic mass is 16.6. The first kappa shape index (κ1) is 9.38. The van der Waals surface area contributed by atoms with Gasteiger partial charge in [-0.05, 0) is 4.86 Å². The van der Waals surface area contributed by atoms with Crippen molar-refractivity contribution < 1.29 is 10.1 Å². The molecule has 0 amide bonds. The molecule has 0 aromatic heterocycles. The maximum Gasteiger partial charge on any atom is 0.248 e. The molecule has 1 aromatic rings. The van der Waals surface area contributed by atoms with E-state index >= 15 is 0 Å². The summed E-state index contributed by atoms with van der Waals surface area (Å²) in [5.41, 5.74) is 0.310. The normalized spacial score (nSPS) is 10.4. The second-order valence-electron chi connectivity index (χ2n) is 1.70. The third kappa shape index (κ3) is 2.23. The summed E-state index contributed by atoms with van der Waals surface area (Å²) in [5, 5.41) is 21.0. The molecular weight excluding hydrogens is 146 g/mol. The van der Waals surface area contributed by atoms with E-state index in [-0.39, 0.29) is 11.0 Å². The molecule has 0 saturated heterocycles. The van der Waals surface area contributed by atoms with Crippen LogP contribution in [0.5, 0.6) is 0 Å². The molecule has 4 N–H and O–H groups in total. The third-order valence-corrected chi connectivity index (χ3v) is 1.06. The monoisotopic (exact) mass is 155 g/mol. The van der Waals surface area contributed by atoms with Crippen molar-refractivity contribution in [3.63, 3.8) is 0 Å². The molecule has 0 aliphatic heterocycles. The van der Waals surface area contributed by atoms with Crippen LogP contribution in [0.3, 0.4) is 0 Å². The van der Waals surface area contributed by atoms with Gasteiger partial charge in [0.2, 0.25) is 11.0 Å². The van der Waals surface area contributed by atoms with Gasteiger partial charge in [0, 0.05) is 12.1 Å². The molecule has 0 bridgehead atoms. The number of hydrogen-bond acceptors (Lipinski definition) is 3. The molecule has 5 heteroatoms. The summed E-state index contributed by atoms with van der Waals surface area (Å²) in [4.78, 5) is 0.139. The molecule has 0 aliphatic rings. The smallest absolute Gasteiger partial charge is 0.248 e. The van der Waals surface area contributed by atoms with E-state index in [4.69, 9.17) is 5.21 Å². The number of para-hydroxylation sites is 1. The molecular formula is C6H9N3O2. The van der Waals surface area contributed by atoms with Gasteiger partial charge in [0.25, 0.3) is 0 Å². The van der Waals surface area contributed by atoms with Crippen LogP contribution < -0.4 is 6.15 Å². The number of nitrogens with zero attached hydrogens (tertiary/aromatic N) is 2. The Hall–Kier alpha value is -1.62. The Morgan fingerprint density at radius 2 is 1.82 bits per heavy atom. The lowest BCUT2D eigenvalue weighted by molar-refractivity contribution is -0.473. The molecule has 0 spiro atoms. The second-order valence-corrected chi connectivity index (χ2v) is 1.70. The minimum absolute atomic E-state index is 0. The number of hydrogen-bond donors (Lipinski definition) is 2. The fourth-order valence-corrected chi connectivity index (χ4v) is 0.607. The molecule has 0 fully saturated rings. The van der Waals surface area contributed by atoms with Crippen LogP contribution in [0, 0.1) is 5.21 Å². The average Bonchev–Trinajstić information content (AvgIpc) is 2.05. The van der Waals surface area contributed by atoms with Crippen molar-refractivity contribution in [2.24, 2.45) is 5.28 Å². The first-order valence-electron chi connectivity index (χ1n) is 2.72. The van der Waals surface area contributed by atoms with Crippen molar-refractivity contribution in [1.29, 1.82) is 0 Å². The highest BCUT2D eigenvalue weighted by molar-refractivity contribution is 5.27. The van der Waals surface area contributed by atoms with Crippen LogP contribution in [-0.2, 0) is 0 Å². The van der Waals surface area contributed by atoms with Gasteiger partial charge in [0.15, 0.2) is 0 Å². The Morgan fingerprint density at radius 3 is 2.27 bits per heavy atom. The van der Waals surface area contributed by atoms with E-state index in [1.165, 1.54) is 0 Å². The predicted molar refractivity (Wildman–Crippen MR) is 39.0 cm³/mol. The van der Waals surface area contributed by atoms with Crippen molar-refractivity contribution in [3.05, 3.63) is 35.5 Å². The zero-order valence-electron chi connectivity index (χ0n) is 5.84. The number of rotatable bonds is 1. The first-order valence-corrected chi connectivity index (χ1v) is 2.72. The zero-order chi connectivity index (χ0) is 7.40. The molecule has 0 saturated carbocycles. The standard InChI is InChI=1S/C6H6N2O2.H3N/c9-7-8(10)6-4-2-1-3-5-6;/h1-5,9H;1H3. The average molecular weight is 155 g/mol.